The topological polar surface area (TPSA) is 394 Å². The number of amides is 8. The Bertz CT molecular complexity index is 4480. The largest absolute Gasteiger partial charge is 0.487 e. The minimum absolute atomic E-state index is 0.0114. The van der Waals surface area contributed by atoms with Crippen LogP contribution in [0, 0.1) is 11.8 Å². The maximum atomic E-state index is 15.5. The second kappa shape index (κ2) is 36.9. The molecule has 10 N–H and O–H groups in total. The van der Waals surface area contributed by atoms with E-state index in [0.29, 0.717) is 64.9 Å². The average Bonchev–Trinajstić information content (AvgIpc) is 1.61. The van der Waals surface area contributed by atoms with Gasteiger partial charge >= 0.3 is 11.9 Å². The van der Waals surface area contributed by atoms with Crippen molar-refractivity contribution in [1.29, 1.82) is 0 Å². The minimum atomic E-state index is -1.51. The maximum absolute atomic E-state index is 15.5. The molecule has 8 aromatic rings. The van der Waals surface area contributed by atoms with E-state index in [1.54, 1.807) is 93.5 Å². The Labute approximate surface area is 660 Å². The van der Waals surface area contributed by atoms with Crippen molar-refractivity contribution in [3.63, 3.8) is 0 Å². The second-order valence-corrected chi connectivity index (χ2v) is 30.9. The number of nitrogens with zero attached hydrogens (tertiary/aromatic N) is 8. The normalized spacial score (nSPS) is 22.9. The molecule has 30 nitrogen and oxygen atoms in total. The lowest BCUT2D eigenvalue weighted by Gasteiger charge is -2.35. The number of carboxylic acid groups (broad SMARTS) is 2. The number of rotatable bonds is 16. The minimum Gasteiger partial charge on any atom is -0.487 e. The highest BCUT2D eigenvalue weighted by atomic mass is 16.5. The van der Waals surface area contributed by atoms with Gasteiger partial charge in [0.15, 0.2) is 0 Å². The molecular formula is C84H100N16O14. The van der Waals surface area contributed by atoms with Crippen LogP contribution in [0.4, 0.5) is 0 Å². The smallest absolute Gasteiger partial charge is 0.326 e. The van der Waals surface area contributed by atoms with Crippen molar-refractivity contribution in [3.05, 3.63) is 179 Å². The van der Waals surface area contributed by atoms with Crippen LogP contribution in [-0.2, 0) is 86.8 Å². The fourth-order valence-corrected chi connectivity index (χ4v) is 16.5. The molecule has 8 heterocycles. The quantitative estimate of drug-likeness (QED) is 0.0582. The van der Waals surface area contributed by atoms with E-state index in [9.17, 15) is 29.4 Å². The summed E-state index contributed by atoms with van der Waals surface area (Å²) in [7, 11) is 3.29. The highest BCUT2D eigenvalue weighted by Crippen LogP contribution is 2.36. The van der Waals surface area contributed by atoms with Gasteiger partial charge in [-0.1, -0.05) is 175 Å². The Balaban J connectivity index is 0.825. The first-order chi connectivity index (χ1) is 55.1. The summed E-state index contributed by atoms with van der Waals surface area (Å²) in [5.74, 6) is -7.54. The fourth-order valence-electron chi connectivity index (χ4n) is 16.5. The molecule has 0 radical (unpaired) electrons. The number of hydrogen-bond acceptors (Lipinski definition) is 18. The molecule has 6 aliphatic heterocycles. The SMILES string of the molecule is CN[C@@H](C)C(=O)N[C@H](C(=O)N1C[C@@H]2C[C@H]1C(=O)N[C@@H](Cc1cccc3ccccc13)C(=O)N[C@H](C(=O)O)Cc1ccc(cc1)COc1cn(nn1)[C@H]1C[C@@H](C(=O)N[C@@H](Cc3cccc4ccccc34)C(=O)N[C@H](C(=O)O)Cc3ccc(cc3)OCc3cn2nn3)N(C(=O)[C@@H](NC(=O)[C@H](C)NC)C2CCCCC2)C1)C1CCCCC1. The number of carboxylic acids is 2. The molecule has 2 saturated carbocycles. The number of likely N-dealkylation sites (N-methyl/N-ethyl adjacent to an activating group) is 2. The Morgan fingerprint density at radius 1 is 0.491 bits per heavy atom. The third-order valence-corrected chi connectivity index (χ3v) is 23.2. The van der Waals surface area contributed by atoms with E-state index in [1.165, 1.54) is 14.5 Å². The number of carbonyl (C=O) groups is 10. The van der Waals surface area contributed by atoms with E-state index in [4.69, 9.17) is 9.47 Å². The van der Waals surface area contributed by atoms with Gasteiger partial charge in [-0.2, -0.15) is 0 Å². The summed E-state index contributed by atoms with van der Waals surface area (Å²) in [5.41, 5.74) is 3.40. The molecule has 0 unspecified atom stereocenters. The fraction of sp³-hybridized carbons (Fsp3) is 0.452. The molecule has 2 aliphatic carbocycles. The number of likely N-dealkylation sites (tertiary alicyclic amines) is 2. The number of ether oxygens (including phenoxy) is 2. The van der Waals surface area contributed by atoms with Gasteiger partial charge in [0.25, 0.3) is 5.88 Å². The first-order valence-electron chi connectivity index (χ1n) is 39.6. The lowest BCUT2D eigenvalue weighted by molar-refractivity contribution is -0.144. The first kappa shape index (κ1) is 80.4. The number of nitrogens with one attached hydrogen (secondary N) is 8. The number of hydrogen-bond donors (Lipinski definition) is 10. The van der Waals surface area contributed by atoms with Crippen LogP contribution in [0.25, 0.3) is 21.5 Å². The summed E-state index contributed by atoms with van der Waals surface area (Å²) >= 11 is 0. The van der Waals surface area contributed by atoms with E-state index < -0.39 is 132 Å². The van der Waals surface area contributed by atoms with Crippen LogP contribution in [0.5, 0.6) is 11.6 Å². The monoisotopic (exact) mass is 1560 g/mol. The summed E-state index contributed by atoms with van der Waals surface area (Å²) in [6.07, 6.45) is 10.5. The second-order valence-electron chi connectivity index (χ2n) is 30.9. The van der Waals surface area contributed by atoms with Crippen LogP contribution in [0.15, 0.2) is 146 Å². The van der Waals surface area contributed by atoms with Crippen molar-refractivity contribution in [2.75, 3.05) is 27.2 Å². The zero-order valence-electron chi connectivity index (χ0n) is 64.5. The molecule has 6 aromatic carbocycles. The van der Waals surface area contributed by atoms with Crippen LogP contribution in [0.3, 0.4) is 0 Å². The third-order valence-electron chi connectivity index (χ3n) is 23.2. The van der Waals surface area contributed by atoms with E-state index in [1.807, 2.05) is 84.9 Å². The number of benzene rings is 6. The molecule has 16 rings (SSSR count). The Kier molecular flexibility index (Phi) is 26.0. The first-order valence-corrected chi connectivity index (χ1v) is 39.6. The molecular weight excluding hydrogens is 1460 g/mol. The van der Waals surface area contributed by atoms with Gasteiger partial charge in [0, 0.05) is 51.6 Å². The lowest BCUT2D eigenvalue weighted by atomic mass is 9.83. The van der Waals surface area contributed by atoms with Crippen LogP contribution in [-0.4, -0.2) is 197 Å². The van der Waals surface area contributed by atoms with Crippen molar-refractivity contribution in [2.45, 2.75) is 202 Å². The highest BCUT2D eigenvalue weighted by Gasteiger charge is 2.49. The van der Waals surface area contributed by atoms with Gasteiger partial charge in [-0.05, 0) is 127 Å². The van der Waals surface area contributed by atoms with Crippen LogP contribution in [0.2, 0.25) is 0 Å². The van der Waals surface area contributed by atoms with E-state index >= 15 is 28.8 Å². The van der Waals surface area contributed by atoms with Crippen molar-refractivity contribution in [2.24, 2.45) is 11.8 Å². The maximum Gasteiger partial charge on any atom is 0.326 e. The Morgan fingerprint density at radius 2 is 0.921 bits per heavy atom. The van der Waals surface area contributed by atoms with Gasteiger partial charge in [-0.3, -0.25) is 38.4 Å². The molecule has 8 aliphatic rings. The van der Waals surface area contributed by atoms with Crippen molar-refractivity contribution in [3.8, 4) is 11.6 Å². The van der Waals surface area contributed by atoms with Crippen LogP contribution < -0.4 is 52.0 Å². The summed E-state index contributed by atoms with van der Waals surface area (Å²) in [6.45, 7) is 3.09. The van der Waals surface area contributed by atoms with E-state index in [2.05, 4.69) is 63.2 Å². The molecule has 12 bridgehead atoms. The van der Waals surface area contributed by atoms with Crippen LogP contribution in [0.1, 0.15) is 136 Å². The average molecular weight is 1560 g/mol. The van der Waals surface area contributed by atoms with Crippen molar-refractivity contribution in [1.82, 2.24) is 82.3 Å². The van der Waals surface area contributed by atoms with Gasteiger partial charge < -0.3 is 72.0 Å². The zero-order chi connectivity index (χ0) is 80.1. The Hall–Kier alpha value is -11.7. The summed E-state index contributed by atoms with van der Waals surface area (Å²) < 4.78 is 15.5. The van der Waals surface area contributed by atoms with E-state index in [-0.39, 0.29) is 82.5 Å². The van der Waals surface area contributed by atoms with Gasteiger partial charge in [0.05, 0.1) is 36.6 Å². The van der Waals surface area contributed by atoms with Crippen molar-refractivity contribution < 1.29 is 67.6 Å². The number of fused-ring (bicyclic) bond motifs is 2. The standard InChI is InChI=1S/C84H100N16O14/c1-49(85-3)75(101)91-73(56-19-7-5-8-20-56)81(107)97-44-61-41-70(97)79(105)87-66(39-58-25-15-23-54-17-11-13-27-64(54)58)77(103)89-68(83(109)110)37-51-29-31-53(32-30-51)47-114-72-46-100(96-94-72)62-42-71(98(45-62)82(108)74(57-21-9-6-10-22-57)92-76(102)50(2)86-4)80(106)88-67(40-59-26-16-24-55-18-12-14-28-65(55)59)78(104)90-69(84(111)112)38-52-33-35-63(36-34-52)113-48-60-43-99(61)95-93-60/h11-18,23-36,43,46,49-50,56-57,61-62,66-71,73-74,85-86H,5-10,19-22,37-42,44-45,47-48H2,1-4H3,(H,87,105)(H,88,106)(H,89,103)(H,90,104)(H,91,101)(H,92,102)(H,109,110)(H,111,112)/t49-,50-,61-,62-,66-,67-,68-,69-,70-,71-,73-,74-/m0/s1. The summed E-state index contributed by atoms with van der Waals surface area (Å²) in [6, 6.07) is 26.7. The molecule has 114 heavy (non-hydrogen) atoms. The summed E-state index contributed by atoms with van der Waals surface area (Å²) in [5, 5.41) is 66.1. The van der Waals surface area contributed by atoms with Gasteiger partial charge in [0.1, 0.15) is 73.0 Å². The zero-order valence-corrected chi connectivity index (χ0v) is 64.5. The summed E-state index contributed by atoms with van der Waals surface area (Å²) in [4.78, 5) is 149. The number of aliphatic carboxylic acids is 2. The van der Waals surface area contributed by atoms with Gasteiger partial charge in [0.2, 0.25) is 47.3 Å². The molecule has 0 spiro atoms. The molecule has 12 atom stereocenters. The van der Waals surface area contributed by atoms with Crippen LogP contribution >= 0.6 is 0 Å². The molecule has 4 fully saturated rings. The lowest BCUT2D eigenvalue weighted by Crippen LogP contribution is -2.60. The molecule has 8 amide bonds. The molecule has 2 aromatic heterocycles. The molecule has 600 valence electrons. The van der Waals surface area contributed by atoms with Crippen molar-refractivity contribution >= 4 is 80.7 Å². The number of aromatic nitrogens is 6. The van der Waals surface area contributed by atoms with Gasteiger partial charge in [-0.25, -0.2) is 19.0 Å². The Morgan fingerprint density at radius 3 is 1.39 bits per heavy atom. The predicted octanol–water partition coefficient (Wildman–Crippen LogP) is 5.36. The number of carbonyl (C=O) groups excluding carboxylic acids is 8. The molecule has 30 heteroatoms. The van der Waals surface area contributed by atoms with E-state index in [0.717, 1.165) is 60.1 Å². The molecule has 2 saturated heterocycles. The van der Waals surface area contributed by atoms with Gasteiger partial charge in [-0.15, -0.1) is 5.10 Å². The third kappa shape index (κ3) is 19.3. The predicted molar refractivity (Wildman–Crippen MR) is 420 cm³/mol. The highest BCUT2D eigenvalue weighted by molar-refractivity contribution is 5.99.